The average Bonchev–Trinajstić information content (AvgIpc) is 3.14. The molecule has 0 aromatic heterocycles. The lowest BCUT2D eigenvalue weighted by molar-refractivity contribution is -0.122. The number of ether oxygens (including phenoxy) is 3. The van der Waals surface area contributed by atoms with Crippen LogP contribution in [0.2, 0.25) is 0 Å². The number of aromatic hydroxyl groups is 2. The third-order valence-corrected chi connectivity index (χ3v) is 8.71. The summed E-state index contributed by atoms with van der Waals surface area (Å²) < 4.78 is 17.2. The number of carboxylic acid groups (broad SMARTS) is 1. The molecule has 12 heteroatoms. The normalized spacial score (nSPS) is 12.6. The minimum absolute atomic E-state index is 0.00887. The van der Waals surface area contributed by atoms with Crippen LogP contribution in [0.3, 0.4) is 0 Å². The maximum Gasteiger partial charge on any atom is 0.290 e. The second-order valence-corrected chi connectivity index (χ2v) is 11.7. The van der Waals surface area contributed by atoms with Crippen LogP contribution in [0, 0.1) is 0 Å². The average molecular weight is 645 g/mol. The Kier molecular flexibility index (Phi) is 8.74. The Hall–Kier alpha value is -5.36. The lowest BCUT2D eigenvalue weighted by atomic mass is 9.82. The van der Waals surface area contributed by atoms with Crippen molar-refractivity contribution in [2.75, 3.05) is 53.8 Å². The molecule has 6 rings (SSSR count). The lowest BCUT2D eigenvalue weighted by Crippen LogP contribution is -2.17. The van der Waals surface area contributed by atoms with E-state index in [1.165, 1.54) is 40.4 Å². The van der Waals surface area contributed by atoms with Gasteiger partial charge in [-0.2, -0.15) is 0 Å². The second-order valence-electron chi connectivity index (χ2n) is 11.7. The SMILES string of the molecule is COc1c(O)c2c(=O)cc(OC)c3c4c(OC)cc(=O)c5c(O)c(NCCCN(C)C)c6c(c(c1C(C(C)=O)=C(C)C6)c23)c54.O=CO. The molecule has 1 aliphatic rings. The zero-order valence-corrected chi connectivity index (χ0v) is 27.2. The van der Waals surface area contributed by atoms with Gasteiger partial charge in [-0.3, -0.25) is 19.2 Å². The summed E-state index contributed by atoms with van der Waals surface area (Å²) in [6.45, 7) is 4.31. The first kappa shape index (κ1) is 33.0. The van der Waals surface area contributed by atoms with Crippen molar-refractivity contribution in [2.45, 2.75) is 26.7 Å². The molecule has 5 aromatic carbocycles. The fraction of sp³-hybridized carbons (Fsp3) is 0.314. The third kappa shape index (κ3) is 4.87. The molecule has 5 aromatic rings. The van der Waals surface area contributed by atoms with E-state index in [1.54, 1.807) is 0 Å². The molecule has 47 heavy (non-hydrogen) atoms. The Bertz CT molecular complexity index is 2240. The number of methoxy groups -OCH3 is 3. The molecule has 0 unspecified atom stereocenters. The number of phenolic OH excluding ortho intramolecular Hbond substituents is 2. The molecule has 1 aliphatic carbocycles. The van der Waals surface area contributed by atoms with E-state index in [4.69, 9.17) is 24.1 Å². The van der Waals surface area contributed by atoms with Gasteiger partial charge in [0.25, 0.3) is 6.47 Å². The fourth-order valence-electron chi connectivity index (χ4n) is 7.05. The Balaban J connectivity index is 0.00000139. The van der Waals surface area contributed by atoms with Gasteiger partial charge in [-0.15, -0.1) is 0 Å². The smallest absolute Gasteiger partial charge is 0.290 e. The number of hydrogen-bond acceptors (Lipinski definition) is 11. The first-order valence-corrected chi connectivity index (χ1v) is 14.8. The summed E-state index contributed by atoms with van der Waals surface area (Å²) in [5.41, 5.74) is 1.39. The van der Waals surface area contributed by atoms with Crippen molar-refractivity contribution in [3.8, 4) is 28.7 Å². The molecule has 0 fully saturated rings. The van der Waals surface area contributed by atoms with Crippen LogP contribution in [-0.4, -0.2) is 81.0 Å². The molecule has 0 saturated carbocycles. The zero-order valence-electron chi connectivity index (χ0n) is 27.2. The molecule has 0 aliphatic heterocycles. The van der Waals surface area contributed by atoms with Crippen LogP contribution < -0.4 is 30.4 Å². The molecule has 0 saturated heterocycles. The van der Waals surface area contributed by atoms with Crippen molar-refractivity contribution in [1.82, 2.24) is 4.90 Å². The monoisotopic (exact) mass is 644 g/mol. The highest BCUT2D eigenvalue weighted by molar-refractivity contribution is 6.42. The van der Waals surface area contributed by atoms with Crippen molar-refractivity contribution in [3.05, 3.63) is 49.3 Å². The molecule has 0 radical (unpaired) electrons. The number of nitrogens with zero attached hydrogens (tertiary/aromatic N) is 1. The van der Waals surface area contributed by atoms with Crippen LogP contribution in [-0.2, 0) is 16.0 Å². The van der Waals surface area contributed by atoms with Gasteiger partial charge in [0.2, 0.25) is 0 Å². The predicted molar refractivity (Wildman–Crippen MR) is 182 cm³/mol. The number of rotatable bonds is 9. The Morgan fingerprint density at radius 2 is 1.40 bits per heavy atom. The Labute approximate surface area is 269 Å². The maximum atomic E-state index is 13.8. The van der Waals surface area contributed by atoms with E-state index in [2.05, 4.69) is 10.2 Å². The fourth-order valence-corrected chi connectivity index (χ4v) is 7.05. The summed E-state index contributed by atoms with van der Waals surface area (Å²) in [4.78, 5) is 51.3. The van der Waals surface area contributed by atoms with Gasteiger partial charge >= 0.3 is 0 Å². The van der Waals surface area contributed by atoms with Gasteiger partial charge in [-0.05, 0) is 58.3 Å². The van der Waals surface area contributed by atoms with Gasteiger partial charge < -0.3 is 39.7 Å². The van der Waals surface area contributed by atoms with Crippen molar-refractivity contribution in [1.29, 1.82) is 0 Å². The number of carbonyl (C=O) groups excluding carboxylic acids is 1. The van der Waals surface area contributed by atoms with Crippen LogP contribution in [0.4, 0.5) is 5.69 Å². The molecule has 4 N–H and O–H groups in total. The van der Waals surface area contributed by atoms with Crippen molar-refractivity contribution in [3.63, 3.8) is 0 Å². The molecule has 0 atom stereocenters. The van der Waals surface area contributed by atoms with Crippen LogP contribution in [0.1, 0.15) is 31.4 Å². The number of phenols is 2. The van der Waals surface area contributed by atoms with E-state index in [0.29, 0.717) is 66.8 Å². The third-order valence-electron chi connectivity index (χ3n) is 8.71. The predicted octanol–water partition coefficient (Wildman–Crippen LogP) is 4.32. The number of Topliss-reactive ketones (excluding diaryl/α,β-unsaturated/α-hetero) is 1. The van der Waals surface area contributed by atoms with Crippen molar-refractivity contribution >= 4 is 66.6 Å². The molecular weight excluding hydrogens is 608 g/mol. The highest BCUT2D eigenvalue weighted by atomic mass is 16.5. The van der Waals surface area contributed by atoms with Crippen LogP contribution in [0.5, 0.6) is 28.7 Å². The molecule has 0 amide bonds. The molecule has 0 bridgehead atoms. The van der Waals surface area contributed by atoms with Crippen molar-refractivity contribution < 1.29 is 39.1 Å². The van der Waals surface area contributed by atoms with Crippen molar-refractivity contribution in [2.24, 2.45) is 0 Å². The molecule has 246 valence electrons. The van der Waals surface area contributed by atoms with E-state index < -0.39 is 16.6 Å². The summed E-state index contributed by atoms with van der Waals surface area (Å²) in [6, 6.07) is 2.59. The van der Waals surface area contributed by atoms with Gasteiger partial charge in [0, 0.05) is 56.7 Å². The Morgan fingerprint density at radius 3 is 1.89 bits per heavy atom. The first-order chi connectivity index (χ1) is 22.4. The highest BCUT2D eigenvalue weighted by Gasteiger charge is 2.35. The van der Waals surface area contributed by atoms with Crippen LogP contribution >= 0.6 is 0 Å². The summed E-state index contributed by atoms with van der Waals surface area (Å²) in [7, 11) is 8.19. The number of carbonyl (C=O) groups is 2. The van der Waals surface area contributed by atoms with E-state index >= 15 is 0 Å². The van der Waals surface area contributed by atoms with Crippen LogP contribution in [0.15, 0.2) is 27.3 Å². The standard InChI is InChI=1S/C34H34N2O8.CH2O2/c1-14-11-16-22-27-23(32(40)31(16)35-9-8-10-36(3)4)17(38)12-19(42-5)25(27)26-20(43-6)13-18(39)24-29(26)28(22)30(21(14)15(2)37)34(44-7)33(24)41;2-1-3/h12-13,35,40-41H,8-11H2,1-7H3;1H,(H,2,3). The summed E-state index contributed by atoms with van der Waals surface area (Å²) in [5.74, 6) is -0.476. The zero-order chi connectivity index (χ0) is 34.5. The van der Waals surface area contributed by atoms with E-state index in [9.17, 15) is 24.6 Å². The van der Waals surface area contributed by atoms with E-state index in [1.807, 2.05) is 21.0 Å². The minimum Gasteiger partial charge on any atom is -0.505 e. The van der Waals surface area contributed by atoms with Gasteiger partial charge in [0.1, 0.15) is 11.5 Å². The quantitative estimate of drug-likeness (QED) is 0.0590. The lowest BCUT2D eigenvalue weighted by Gasteiger charge is -2.24. The van der Waals surface area contributed by atoms with Crippen LogP contribution in [0.25, 0.3) is 48.7 Å². The number of anilines is 1. The van der Waals surface area contributed by atoms with Gasteiger partial charge in [0.15, 0.2) is 33.9 Å². The topological polar surface area (TPSA) is 172 Å². The number of ketones is 1. The minimum atomic E-state index is -0.505. The number of nitrogens with one attached hydrogen (secondary N) is 1. The molecule has 0 spiro atoms. The first-order valence-electron chi connectivity index (χ1n) is 14.8. The van der Waals surface area contributed by atoms with Gasteiger partial charge in [-0.25, -0.2) is 0 Å². The largest absolute Gasteiger partial charge is 0.505 e. The van der Waals surface area contributed by atoms with Gasteiger partial charge in [-0.1, -0.05) is 5.57 Å². The van der Waals surface area contributed by atoms with E-state index in [0.717, 1.165) is 13.0 Å². The summed E-state index contributed by atoms with van der Waals surface area (Å²) in [6.07, 6.45) is 0.991. The summed E-state index contributed by atoms with van der Waals surface area (Å²) >= 11 is 0. The Morgan fingerprint density at radius 1 is 0.872 bits per heavy atom. The molecular formula is C35H36N2O10. The van der Waals surface area contributed by atoms with Gasteiger partial charge in [0.05, 0.1) is 37.8 Å². The highest BCUT2D eigenvalue weighted by Crippen LogP contribution is 2.57. The molecule has 0 heterocycles. The number of fused-ring (bicyclic) bond motifs is 1. The maximum absolute atomic E-state index is 13.8. The summed E-state index contributed by atoms with van der Waals surface area (Å²) in [5, 5.41) is 36.5. The number of benzene rings is 5. The number of allylic oxidation sites excluding steroid dienone is 2. The number of hydrogen-bond donors (Lipinski definition) is 4. The second kappa shape index (κ2) is 12.4. The molecule has 12 nitrogen and oxygen atoms in total. The van der Waals surface area contributed by atoms with E-state index in [-0.39, 0.29) is 52.4 Å².